The molecule has 0 heterocycles. The molecule has 0 atom stereocenters. The minimum atomic E-state index is -0.0259. The van der Waals surface area contributed by atoms with Gasteiger partial charge >= 0.3 is 0 Å². The smallest absolute Gasteiger partial charge is 0.0974 e. The van der Waals surface area contributed by atoms with Gasteiger partial charge in [-0.1, -0.05) is 13.8 Å². The van der Waals surface area contributed by atoms with Crippen LogP contribution in [0.4, 0.5) is 0 Å². The van der Waals surface area contributed by atoms with Gasteiger partial charge in [0, 0.05) is 6.04 Å². The zero-order valence-corrected chi connectivity index (χ0v) is 10.8. The van der Waals surface area contributed by atoms with Gasteiger partial charge in [-0.2, -0.15) is 0 Å². The summed E-state index contributed by atoms with van der Waals surface area (Å²) in [5, 5.41) is 3.18. The number of nitrogens with two attached hydrogens (primary N) is 1. The first-order valence-electron chi connectivity index (χ1n) is 5.28. The van der Waals surface area contributed by atoms with E-state index in [4.69, 9.17) is 10.5 Å². The molecule has 0 bridgehead atoms. The van der Waals surface area contributed by atoms with Crippen LogP contribution in [0.5, 0.6) is 0 Å². The van der Waals surface area contributed by atoms with Crippen molar-refractivity contribution in [3.05, 3.63) is 0 Å². The molecule has 0 saturated heterocycles. The number of hydrogen-bond acceptors (Lipinski definition) is 3. The van der Waals surface area contributed by atoms with Gasteiger partial charge in [-0.15, -0.1) is 0 Å². The minimum absolute atomic E-state index is 0.0259. The number of hydrogen-bond donors (Lipinski definition) is 2. The summed E-state index contributed by atoms with van der Waals surface area (Å²) in [5.74, 6) is 0. The highest BCUT2D eigenvalue weighted by Gasteiger charge is 2.08. The fraction of sp³-hybridized carbons (Fsp3) is 1.00. The Hall–Kier alpha value is -0.120. The SMILES string of the molecule is CC(C)N.CC(C)NCOC(C)(C)C. The summed E-state index contributed by atoms with van der Waals surface area (Å²) in [7, 11) is 0. The molecule has 88 valence electrons. The van der Waals surface area contributed by atoms with Crippen LogP contribution >= 0.6 is 0 Å². The molecule has 0 aliphatic rings. The van der Waals surface area contributed by atoms with Gasteiger partial charge in [0.1, 0.15) is 0 Å². The Balaban J connectivity index is 0. The first kappa shape index (κ1) is 16.3. The monoisotopic (exact) mass is 204 g/mol. The molecule has 0 aliphatic heterocycles. The molecule has 0 saturated carbocycles. The van der Waals surface area contributed by atoms with E-state index in [1.165, 1.54) is 0 Å². The Morgan fingerprint density at radius 2 is 1.50 bits per heavy atom. The predicted octanol–water partition coefficient (Wildman–Crippen LogP) is 2.11. The molecule has 3 nitrogen and oxygen atoms in total. The first-order valence-corrected chi connectivity index (χ1v) is 5.28. The summed E-state index contributed by atoms with van der Waals surface area (Å²) in [6.45, 7) is 14.9. The fourth-order valence-electron chi connectivity index (χ4n) is 0.425. The standard InChI is InChI=1S/C8H19NO.C3H9N/c1-7(2)9-6-10-8(3,4)5;1-3(2)4/h7,9H,6H2,1-5H3;3H,4H2,1-2H3. The molecule has 0 fully saturated rings. The van der Waals surface area contributed by atoms with E-state index >= 15 is 0 Å². The number of ether oxygens (including phenoxy) is 1. The maximum Gasteiger partial charge on any atom is 0.0974 e. The van der Waals surface area contributed by atoms with E-state index in [-0.39, 0.29) is 5.60 Å². The molecule has 0 aliphatic carbocycles. The van der Waals surface area contributed by atoms with Gasteiger partial charge in [-0.05, 0) is 40.7 Å². The van der Waals surface area contributed by atoms with Crippen molar-refractivity contribution in [2.24, 2.45) is 5.73 Å². The van der Waals surface area contributed by atoms with Crippen LogP contribution in [0.15, 0.2) is 0 Å². The van der Waals surface area contributed by atoms with Crippen molar-refractivity contribution in [2.75, 3.05) is 6.73 Å². The molecular weight excluding hydrogens is 176 g/mol. The van der Waals surface area contributed by atoms with Crippen LogP contribution in [0, 0.1) is 0 Å². The van der Waals surface area contributed by atoms with Gasteiger partial charge in [0.05, 0.1) is 12.3 Å². The van der Waals surface area contributed by atoms with Crippen molar-refractivity contribution in [1.82, 2.24) is 5.32 Å². The predicted molar refractivity (Wildman–Crippen MR) is 63.3 cm³/mol. The zero-order valence-electron chi connectivity index (χ0n) is 10.8. The van der Waals surface area contributed by atoms with Crippen LogP contribution < -0.4 is 11.1 Å². The second kappa shape index (κ2) is 8.21. The molecule has 0 aromatic rings. The fourth-order valence-corrected chi connectivity index (χ4v) is 0.425. The van der Waals surface area contributed by atoms with Gasteiger partial charge in [-0.25, -0.2) is 0 Å². The lowest BCUT2D eigenvalue weighted by Gasteiger charge is -2.20. The molecule has 0 aromatic heterocycles. The van der Waals surface area contributed by atoms with E-state index in [2.05, 4.69) is 39.9 Å². The van der Waals surface area contributed by atoms with Crippen molar-refractivity contribution in [2.45, 2.75) is 66.2 Å². The Labute approximate surface area is 89.4 Å². The highest BCUT2D eigenvalue weighted by Crippen LogP contribution is 2.04. The Bertz CT molecular complexity index is 114. The normalized spacial score (nSPS) is 11.6. The number of rotatable bonds is 3. The third kappa shape index (κ3) is 29.7. The Morgan fingerprint density at radius 1 is 1.14 bits per heavy atom. The molecule has 3 heteroatoms. The van der Waals surface area contributed by atoms with Crippen LogP contribution in [-0.2, 0) is 4.74 Å². The molecule has 0 amide bonds. The maximum atomic E-state index is 5.43. The molecule has 0 unspecified atom stereocenters. The molecule has 14 heavy (non-hydrogen) atoms. The van der Waals surface area contributed by atoms with Crippen molar-refractivity contribution < 1.29 is 4.74 Å². The highest BCUT2D eigenvalue weighted by atomic mass is 16.5. The molecule has 0 radical (unpaired) electrons. The topological polar surface area (TPSA) is 47.3 Å². The average Bonchev–Trinajstić information content (AvgIpc) is 1.80. The molecule has 0 spiro atoms. The van der Waals surface area contributed by atoms with Crippen LogP contribution in [0.2, 0.25) is 0 Å². The lowest BCUT2D eigenvalue weighted by atomic mass is 10.2. The van der Waals surface area contributed by atoms with Gasteiger partial charge in [0.2, 0.25) is 0 Å². The largest absolute Gasteiger partial charge is 0.361 e. The van der Waals surface area contributed by atoms with E-state index in [0.717, 1.165) is 0 Å². The summed E-state index contributed by atoms with van der Waals surface area (Å²) in [6, 6.07) is 0.836. The van der Waals surface area contributed by atoms with Crippen LogP contribution in [0.25, 0.3) is 0 Å². The third-order valence-corrected chi connectivity index (χ3v) is 0.997. The lowest BCUT2D eigenvalue weighted by Crippen LogP contribution is -2.31. The van der Waals surface area contributed by atoms with Crippen LogP contribution in [0.1, 0.15) is 48.5 Å². The van der Waals surface area contributed by atoms with Crippen LogP contribution in [-0.4, -0.2) is 24.4 Å². The zero-order chi connectivity index (χ0) is 11.8. The second-order valence-corrected chi connectivity index (χ2v) is 5.00. The molecule has 0 aromatic carbocycles. The van der Waals surface area contributed by atoms with Crippen molar-refractivity contribution >= 4 is 0 Å². The summed E-state index contributed by atoms with van der Waals surface area (Å²) in [4.78, 5) is 0. The number of nitrogens with one attached hydrogen (secondary N) is 1. The minimum Gasteiger partial charge on any atom is -0.361 e. The maximum absolute atomic E-state index is 5.43. The summed E-state index contributed by atoms with van der Waals surface area (Å²) < 4.78 is 5.43. The van der Waals surface area contributed by atoms with Gasteiger partial charge < -0.3 is 10.5 Å². The van der Waals surface area contributed by atoms with Crippen LogP contribution in [0.3, 0.4) is 0 Å². The Kier molecular flexibility index (Phi) is 9.57. The summed E-state index contributed by atoms with van der Waals surface area (Å²) in [5.41, 5.74) is 5.09. The van der Waals surface area contributed by atoms with Crippen molar-refractivity contribution in [1.29, 1.82) is 0 Å². The highest BCUT2D eigenvalue weighted by molar-refractivity contribution is 4.58. The lowest BCUT2D eigenvalue weighted by molar-refractivity contribution is -0.0157. The van der Waals surface area contributed by atoms with E-state index in [1.807, 2.05) is 13.8 Å². The molecule has 3 N–H and O–H groups in total. The summed E-state index contributed by atoms with van der Waals surface area (Å²) >= 11 is 0. The average molecular weight is 204 g/mol. The van der Waals surface area contributed by atoms with E-state index in [0.29, 0.717) is 18.8 Å². The van der Waals surface area contributed by atoms with Crippen molar-refractivity contribution in [3.63, 3.8) is 0 Å². The first-order chi connectivity index (χ1) is 6.15. The summed E-state index contributed by atoms with van der Waals surface area (Å²) in [6.07, 6.45) is 0. The third-order valence-electron chi connectivity index (χ3n) is 0.997. The van der Waals surface area contributed by atoms with Gasteiger partial charge in [0.25, 0.3) is 0 Å². The van der Waals surface area contributed by atoms with E-state index < -0.39 is 0 Å². The quantitative estimate of drug-likeness (QED) is 0.692. The molecule has 0 rings (SSSR count). The second-order valence-electron chi connectivity index (χ2n) is 5.00. The van der Waals surface area contributed by atoms with Gasteiger partial charge in [-0.3, -0.25) is 5.32 Å². The van der Waals surface area contributed by atoms with E-state index in [9.17, 15) is 0 Å². The van der Waals surface area contributed by atoms with Gasteiger partial charge in [0.15, 0.2) is 0 Å². The Morgan fingerprint density at radius 3 is 1.71 bits per heavy atom. The van der Waals surface area contributed by atoms with E-state index in [1.54, 1.807) is 0 Å². The van der Waals surface area contributed by atoms with Crippen molar-refractivity contribution in [3.8, 4) is 0 Å². The molecular formula is C11H28N2O.